The van der Waals surface area contributed by atoms with Crippen LogP contribution in [0.5, 0.6) is 17.2 Å². The topological polar surface area (TPSA) is 44.8 Å². The van der Waals surface area contributed by atoms with Gasteiger partial charge in [-0.25, -0.2) is 4.79 Å². The Morgan fingerprint density at radius 2 is 1.40 bits per heavy atom. The monoisotopic (exact) mass is 354 g/mol. The first-order valence-electron chi connectivity index (χ1n) is 7.51. The molecule has 0 aliphatic heterocycles. The Morgan fingerprint density at radius 1 is 0.920 bits per heavy atom. The van der Waals surface area contributed by atoms with Crippen LogP contribution in [0.1, 0.15) is 19.4 Å². The van der Waals surface area contributed by atoms with Crippen LogP contribution in [0, 0.1) is 0 Å². The molecule has 2 rings (SSSR count). The van der Waals surface area contributed by atoms with Crippen LogP contribution >= 0.6 is 0 Å². The second kappa shape index (κ2) is 7.92. The molecule has 0 aromatic heterocycles. The van der Waals surface area contributed by atoms with Crippen molar-refractivity contribution in [3.63, 3.8) is 0 Å². The molecule has 2 aromatic rings. The van der Waals surface area contributed by atoms with Gasteiger partial charge in [-0.2, -0.15) is 13.2 Å². The quantitative estimate of drug-likeness (QED) is 0.697. The average Bonchev–Trinajstić information content (AvgIpc) is 2.53. The minimum atomic E-state index is -4.38. The van der Waals surface area contributed by atoms with Gasteiger partial charge in [0.1, 0.15) is 17.2 Å². The number of hydrogen-bond donors (Lipinski definition) is 0. The average molecular weight is 354 g/mol. The number of carbonyl (C=O) groups excluding carboxylic acids is 1. The SMILES string of the molecule is CC(C)OC(=O)COc1ccc(Oc2ccc(C(F)(F)F)cc2)cc1. The molecule has 0 amide bonds. The van der Waals surface area contributed by atoms with Gasteiger partial charge in [-0.3, -0.25) is 0 Å². The maximum absolute atomic E-state index is 12.5. The molecule has 0 saturated carbocycles. The third kappa shape index (κ3) is 6.02. The molecule has 0 unspecified atom stereocenters. The number of rotatable bonds is 6. The summed E-state index contributed by atoms with van der Waals surface area (Å²) < 4.78 is 53.2. The Kier molecular flexibility index (Phi) is 5.90. The Balaban J connectivity index is 1.91. The number of esters is 1. The molecule has 7 heteroatoms. The predicted octanol–water partition coefficient (Wildman–Crippen LogP) is 4.83. The van der Waals surface area contributed by atoms with Crippen LogP contribution in [0.2, 0.25) is 0 Å². The lowest BCUT2D eigenvalue weighted by Gasteiger charge is -2.11. The van der Waals surface area contributed by atoms with Crippen molar-refractivity contribution in [3.05, 3.63) is 54.1 Å². The van der Waals surface area contributed by atoms with Crippen molar-refractivity contribution in [3.8, 4) is 17.2 Å². The minimum absolute atomic E-state index is 0.211. The summed E-state index contributed by atoms with van der Waals surface area (Å²) in [5.74, 6) is 0.680. The van der Waals surface area contributed by atoms with E-state index < -0.39 is 17.7 Å². The maximum atomic E-state index is 12.5. The van der Waals surface area contributed by atoms with E-state index >= 15 is 0 Å². The van der Waals surface area contributed by atoms with Crippen LogP contribution in [0.25, 0.3) is 0 Å². The molecule has 0 fully saturated rings. The maximum Gasteiger partial charge on any atom is 0.416 e. The second-order valence-electron chi connectivity index (χ2n) is 5.42. The van der Waals surface area contributed by atoms with Gasteiger partial charge in [-0.05, 0) is 62.4 Å². The summed E-state index contributed by atoms with van der Waals surface area (Å²) in [6, 6.07) is 10.7. The van der Waals surface area contributed by atoms with Gasteiger partial charge in [0.2, 0.25) is 0 Å². The highest BCUT2D eigenvalue weighted by Gasteiger charge is 2.30. The van der Waals surface area contributed by atoms with E-state index in [4.69, 9.17) is 14.2 Å². The van der Waals surface area contributed by atoms with Crippen molar-refractivity contribution >= 4 is 5.97 Å². The Bertz CT molecular complexity index is 692. The molecule has 0 bridgehead atoms. The molecule has 4 nitrogen and oxygen atoms in total. The highest BCUT2D eigenvalue weighted by atomic mass is 19.4. The molecule has 134 valence electrons. The highest BCUT2D eigenvalue weighted by Crippen LogP contribution is 2.31. The molecular weight excluding hydrogens is 337 g/mol. The lowest BCUT2D eigenvalue weighted by Crippen LogP contribution is -2.18. The molecule has 2 aromatic carbocycles. The van der Waals surface area contributed by atoms with Crippen molar-refractivity contribution in [1.82, 2.24) is 0 Å². The Hall–Kier alpha value is -2.70. The van der Waals surface area contributed by atoms with E-state index in [1.165, 1.54) is 12.1 Å². The predicted molar refractivity (Wildman–Crippen MR) is 84.7 cm³/mol. The van der Waals surface area contributed by atoms with Crippen LogP contribution in [0.3, 0.4) is 0 Å². The smallest absolute Gasteiger partial charge is 0.416 e. The Morgan fingerprint density at radius 3 is 1.88 bits per heavy atom. The molecule has 0 aliphatic carbocycles. The normalized spacial score (nSPS) is 11.3. The van der Waals surface area contributed by atoms with Gasteiger partial charge in [-0.15, -0.1) is 0 Å². The van der Waals surface area contributed by atoms with Gasteiger partial charge in [-0.1, -0.05) is 0 Å². The zero-order valence-corrected chi connectivity index (χ0v) is 13.7. The van der Waals surface area contributed by atoms with Gasteiger partial charge in [0.25, 0.3) is 0 Å². The van der Waals surface area contributed by atoms with Crippen LogP contribution < -0.4 is 9.47 Å². The van der Waals surface area contributed by atoms with Gasteiger partial charge in [0.15, 0.2) is 6.61 Å². The third-order valence-corrected chi connectivity index (χ3v) is 2.96. The standard InChI is InChI=1S/C18H17F3O4/c1-12(2)24-17(22)11-23-14-7-9-16(10-8-14)25-15-5-3-13(4-6-15)18(19,20)21/h3-10,12H,11H2,1-2H3. The zero-order chi connectivity index (χ0) is 18.4. The van der Waals surface area contributed by atoms with E-state index in [-0.39, 0.29) is 18.5 Å². The summed E-state index contributed by atoms with van der Waals surface area (Å²) in [6.45, 7) is 3.27. The Labute approximate surface area is 143 Å². The number of carbonyl (C=O) groups is 1. The fourth-order valence-electron chi connectivity index (χ4n) is 1.89. The van der Waals surface area contributed by atoms with E-state index in [0.717, 1.165) is 12.1 Å². The van der Waals surface area contributed by atoms with Crippen LogP contribution in [0.15, 0.2) is 48.5 Å². The third-order valence-electron chi connectivity index (χ3n) is 2.96. The van der Waals surface area contributed by atoms with Crippen LogP contribution in [0.4, 0.5) is 13.2 Å². The van der Waals surface area contributed by atoms with Gasteiger partial charge >= 0.3 is 12.1 Å². The first-order chi connectivity index (χ1) is 11.7. The summed E-state index contributed by atoms with van der Waals surface area (Å²) in [4.78, 5) is 11.4. The first kappa shape index (κ1) is 18.6. The fraction of sp³-hybridized carbons (Fsp3) is 0.278. The summed E-state index contributed by atoms with van der Waals surface area (Å²) >= 11 is 0. The number of halogens is 3. The fourth-order valence-corrected chi connectivity index (χ4v) is 1.89. The molecule has 0 aliphatic rings. The molecule has 25 heavy (non-hydrogen) atoms. The first-order valence-corrected chi connectivity index (χ1v) is 7.51. The molecular formula is C18H17F3O4. The van der Waals surface area contributed by atoms with Crippen molar-refractivity contribution in [1.29, 1.82) is 0 Å². The molecule has 0 N–H and O–H groups in total. The number of ether oxygens (including phenoxy) is 3. The van der Waals surface area contributed by atoms with Gasteiger partial charge in [0.05, 0.1) is 11.7 Å². The van der Waals surface area contributed by atoms with E-state index in [2.05, 4.69) is 0 Å². The van der Waals surface area contributed by atoms with E-state index in [0.29, 0.717) is 11.5 Å². The van der Waals surface area contributed by atoms with E-state index in [1.807, 2.05) is 0 Å². The molecule has 0 spiro atoms. The summed E-state index contributed by atoms with van der Waals surface area (Å²) in [5, 5.41) is 0. The van der Waals surface area contributed by atoms with Crippen molar-refractivity contribution in [2.75, 3.05) is 6.61 Å². The second-order valence-corrected chi connectivity index (χ2v) is 5.42. The number of benzene rings is 2. The molecule has 0 radical (unpaired) electrons. The van der Waals surface area contributed by atoms with Crippen LogP contribution in [-0.2, 0) is 15.7 Å². The number of alkyl halides is 3. The largest absolute Gasteiger partial charge is 0.482 e. The molecule has 0 saturated heterocycles. The van der Waals surface area contributed by atoms with Crippen molar-refractivity contribution in [2.45, 2.75) is 26.1 Å². The number of hydrogen-bond acceptors (Lipinski definition) is 4. The minimum Gasteiger partial charge on any atom is -0.482 e. The lowest BCUT2D eigenvalue weighted by molar-refractivity contribution is -0.149. The lowest BCUT2D eigenvalue weighted by atomic mass is 10.2. The molecule has 0 atom stereocenters. The summed E-state index contributed by atoms with van der Waals surface area (Å²) in [5.41, 5.74) is -0.739. The van der Waals surface area contributed by atoms with Gasteiger partial charge in [0, 0.05) is 0 Å². The summed E-state index contributed by atoms with van der Waals surface area (Å²) in [6.07, 6.45) is -4.59. The van der Waals surface area contributed by atoms with E-state index in [1.54, 1.807) is 38.1 Å². The van der Waals surface area contributed by atoms with Crippen molar-refractivity contribution in [2.24, 2.45) is 0 Å². The zero-order valence-electron chi connectivity index (χ0n) is 13.7. The summed E-state index contributed by atoms with van der Waals surface area (Å²) in [7, 11) is 0. The highest BCUT2D eigenvalue weighted by molar-refractivity contribution is 5.71. The van der Waals surface area contributed by atoms with Crippen LogP contribution in [-0.4, -0.2) is 18.7 Å². The van der Waals surface area contributed by atoms with Gasteiger partial charge < -0.3 is 14.2 Å². The van der Waals surface area contributed by atoms with Crippen molar-refractivity contribution < 1.29 is 32.2 Å². The molecule has 0 heterocycles. The van der Waals surface area contributed by atoms with E-state index in [9.17, 15) is 18.0 Å².